The van der Waals surface area contributed by atoms with Gasteiger partial charge in [0.05, 0.1) is 18.5 Å². The molecule has 0 atom stereocenters. The van der Waals surface area contributed by atoms with Gasteiger partial charge in [0.25, 0.3) is 0 Å². The van der Waals surface area contributed by atoms with Gasteiger partial charge >= 0.3 is 0 Å². The molecule has 1 N–H and O–H groups in total. The van der Waals surface area contributed by atoms with Crippen LogP contribution in [0.2, 0.25) is 5.02 Å². The molecule has 5 aromatic rings. The fourth-order valence-corrected chi connectivity index (χ4v) is 4.43. The summed E-state index contributed by atoms with van der Waals surface area (Å²) < 4.78 is 20.8. The molecule has 0 aliphatic heterocycles. The maximum absolute atomic E-state index is 13.5. The molecule has 0 fully saturated rings. The zero-order chi connectivity index (χ0) is 25.1. The molecule has 0 radical (unpaired) electrons. The Kier molecular flexibility index (Phi) is 6.69. The number of nitrogens with zero attached hydrogens (tertiary/aromatic N) is 2. The molecule has 0 spiro atoms. The van der Waals surface area contributed by atoms with Crippen molar-refractivity contribution < 1.29 is 13.9 Å². The van der Waals surface area contributed by atoms with Gasteiger partial charge in [-0.2, -0.15) is 0 Å². The van der Waals surface area contributed by atoms with Crippen LogP contribution in [-0.2, 0) is 11.2 Å². The molecule has 2 aromatic heterocycles. The summed E-state index contributed by atoms with van der Waals surface area (Å²) in [6.45, 7) is 0. The van der Waals surface area contributed by atoms with Crippen molar-refractivity contribution in [3.05, 3.63) is 108 Å². The standard InChI is InChI=1S/C29H23ClFN3O2/c1-36-23-12-9-19(10-13-23)29-26(14-16-28(35)32-22-6-4-5-21(31)17-22)34-18-20(11-15-27(34)33-29)24-7-2-3-8-25(24)30/h2-13,15,17-18H,14,16H2,1H3,(H,32,35). The molecule has 0 aliphatic carbocycles. The summed E-state index contributed by atoms with van der Waals surface area (Å²) in [6, 6.07) is 25.1. The van der Waals surface area contributed by atoms with Gasteiger partial charge < -0.3 is 14.5 Å². The Bertz CT molecular complexity index is 1550. The van der Waals surface area contributed by atoms with E-state index in [1.165, 1.54) is 12.1 Å². The lowest BCUT2D eigenvalue weighted by atomic mass is 10.1. The number of fused-ring (bicyclic) bond motifs is 1. The fourth-order valence-electron chi connectivity index (χ4n) is 4.19. The van der Waals surface area contributed by atoms with Gasteiger partial charge in [-0.05, 0) is 72.6 Å². The first-order valence-electron chi connectivity index (χ1n) is 11.5. The van der Waals surface area contributed by atoms with Crippen molar-refractivity contribution in [3.8, 4) is 28.1 Å². The lowest BCUT2D eigenvalue weighted by Crippen LogP contribution is -2.13. The number of aromatic nitrogens is 2. The van der Waals surface area contributed by atoms with Crippen LogP contribution < -0.4 is 10.1 Å². The molecular formula is C29H23ClFN3O2. The minimum absolute atomic E-state index is 0.198. The number of amides is 1. The molecule has 0 saturated carbocycles. The second kappa shape index (κ2) is 10.2. The largest absolute Gasteiger partial charge is 0.497 e. The predicted molar refractivity (Wildman–Crippen MR) is 141 cm³/mol. The molecule has 180 valence electrons. The number of methoxy groups -OCH3 is 1. The summed E-state index contributed by atoms with van der Waals surface area (Å²) in [5, 5.41) is 3.43. The second-order valence-corrected chi connectivity index (χ2v) is 8.73. The molecule has 3 aromatic carbocycles. The molecule has 0 saturated heterocycles. The topological polar surface area (TPSA) is 55.6 Å². The average molecular weight is 500 g/mol. The molecule has 0 bridgehead atoms. The molecule has 7 heteroatoms. The van der Waals surface area contributed by atoms with Crippen LogP contribution >= 0.6 is 11.6 Å². The average Bonchev–Trinajstić information content (AvgIpc) is 3.25. The molecule has 36 heavy (non-hydrogen) atoms. The number of pyridine rings is 1. The number of ether oxygens (including phenoxy) is 1. The number of hydrogen-bond acceptors (Lipinski definition) is 3. The highest BCUT2D eigenvalue weighted by Gasteiger charge is 2.17. The maximum Gasteiger partial charge on any atom is 0.224 e. The molecule has 0 unspecified atom stereocenters. The summed E-state index contributed by atoms with van der Waals surface area (Å²) in [5.74, 6) is 0.140. The van der Waals surface area contributed by atoms with Crippen LogP contribution in [0.3, 0.4) is 0 Å². The highest BCUT2D eigenvalue weighted by Crippen LogP contribution is 2.31. The minimum Gasteiger partial charge on any atom is -0.497 e. The van der Waals surface area contributed by atoms with Crippen molar-refractivity contribution in [2.24, 2.45) is 0 Å². The van der Waals surface area contributed by atoms with Gasteiger partial charge in [-0.1, -0.05) is 35.9 Å². The maximum atomic E-state index is 13.5. The van der Waals surface area contributed by atoms with Gasteiger partial charge in [0.1, 0.15) is 17.2 Å². The lowest BCUT2D eigenvalue weighted by Gasteiger charge is -2.09. The Morgan fingerprint density at radius 3 is 2.53 bits per heavy atom. The summed E-state index contributed by atoms with van der Waals surface area (Å²) >= 11 is 6.45. The number of imidazole rings is 1. The third kappa shape index (κ3) is 4.95. The SMILES string of the molecule is COc1ccc(-c2nc3ccc(-c4ccccc4Cl)cn3c2CCC(=O)Nc2cccc(F)c2)cc1. The van der Waals surface area contributed by atoms with Crippen molar-refractivity contribution in [1.29, 1.82) is 0 Å². The summed E-state index contributed by atoms with van der Waals surface area (Å²) in [6.07, 6.45) is 2.62. The van der Waals surface area contributed by atoms with Crippen molar-refractivity contribution in [1.82, 2.24) is 9.38 Å². The third-order valence-electron chi connectivity index (χ3n) is 5.96. The third-order valence-corrected chi connectivity index (χ3v) is 6.29. The Hall–Kier alpha value is -4.16. The van der Waals surface area contributed by atoms with Crippen LogP contribution in [0.1, 0.15) is 12.1 Å². The van der Waals surface area contributed by atoms with Crippen LogP contribution in [0.5, 0.6) is 5.75 Å². The quantitative estimate of drug-likeness (QED) is 0.261. The van der Waals surface area contributed by atoms with Gasteiger partial charge in [0, 0.05) is 34.5 Å². The monoisotopic (exact) mass is 499 g/mol. The van der Waals surface area contributed by atoms with E-state index in [0.717, 1.165) is 39.5 Å². The van der Waals surface area contributed by atoms with Crippen LogP contribution in [0.25, 0.3) is 28.0 Å². The predicted octanol–water partition coefficient (Wildman–Crippen LogP) is 7.04. The Morgan fingerprint density at radius 2 is 1.78 bits per heavy atom. The summed E-state index contributed by atoms with van der Waals surface area (Å²) in [7, 11) is 1.62. The number of benzene rings is 3. The number of aryl methyl sites for hydroxylation is 1. The highest BCUT2D eigenvalue weighted by molar-refractivity contribution is 6.33. The van der Waals surface area contributed by atoms with Gasteiger partial charge in [-0.25, -0.2) is 9.37 Å². The van der Waals surface area contributed by atoms with Gasteiger partial charge in [-0.3, -0.25) is 4.79 Å². The van der Waals surface area contributed by atoms with E-state index in [9.17, 15) is 9.18 Å². The minimum atomic E-state index is -0.400. The Balaban J connectivity index is 1.52. The first-order chi connectivity index (χ1) is 17.5. The van der Waals surface area contributed by atoms with Crippen LogP contribution in [0, 0.1) is 5.82 Å². The van der Waals surface area contributed by atoms with Crippen LogP contribution in [0.15, 0.2) is 91.1 Å². The Labute approximate surface area is 213 Å². The van der Waals surface area contributed by atoms with Gasteiger partial charge in [0.15, 0.2) is 0 Å². The van der Waals surface area contributed by atoms with Gasteiger partial charge in [-0.15, -0.1) is 0 Å². The van der Waals surface area contributed by atoms with E-state index in [0.29, 0.717) is 17.1 Å². The van der Waals surface area contributed by atoms with E-state index in [4.69, 9.17) is 21.3 Å². The first kappa shape index (κ1) is 23.6. The molecule has 5 nitrogen and oxygen atoms in total. The summed E-state index contributed by atoms with van der Waals surface area (Å²) in [5.41, 5.74) is 5.63. The number of halogens is 2. The number of hydrogen-bond donors (Lipinski definition) is 1. The zero-order valence-corrected chi connectivity index (χ0v) is 20.3. The van der Waals surface area contributed by atoms with Crippen molar-refractivity contribution in [2.75, 3.05) is 12.4 Å². The normalized spacial score (nSPS) is 11.0. The first-order valence-corrected chi connectivity index (χ1v) is 11.9. The van der Waals surface area contributed by atoms with E-state index < -0.39 is 5.82 Å². The number of nitrogens with one attached hydrogen (secondary N) is 1. The van der Waals surface area contributed by atoms with E-state index >= 15 is 0 Å². The molecule has 5 rings (SSSR count). The lowest BCUT2D eigenvalue weighted by molar-refractivity contribution is -0.116. The van der Waals surface area contributed by atoms with Crippen LogP contribution in [0.4, 0.5) is 10.1 Å². The van der Waals surface area contributed by atoms with Gasteiger partial charge in [0.2, 0.25) is 5.91 Å². The van der Waals surface area contributed by atoms with Crippen molar-refractivity contribution in [3.63, 3.8) is 0 Å². The Morgan fingerprint density at radius 1 is 1.00 bits per heavy atom. The van der Waals surface area contributed by atoms with E-state index in [1.807, 2.05) is 71.3 Å². The molecular weight excluding hydrogens is 477 g/mol. The number of carbonyl (C=O) groups is 1. The zero-order valence-electron chi connectivity index (χ0n) is 19.5. The summed E-state index contributed by atoms with van der Waals surface area (Å²) in [4.78, 5) is 17.6. The smallest absolute Gasteiger partial charge is 0.224 e. The number of carbonyl (C=O) groups excluding carboxylic acids is 1. The fraction of sp³-hybridized carbons (Fsp3) is 0.103. The highest BCUT2D eigenvalue weighted by atomic mass is 35.5. The molecule has 2 heterocycles. The number of rotatable bonds is 7. The molecule has 0 aliphatic rings. The van der Waals surface area contributed by atoms with Crippen LogP contribution in [-0.4, -0.2) is 22.4 Å². The van der Waals surface area contributed by atoms with E-state index in [2.05, 4.69) is 5.32 Å². The van der Waals surface area contributed by atoms with Crippen molar-refractivity contribution in [2.45, 2.75) is 12.8 Å². The molecule has 1 amide bonds. The van der Waals surface area contributed by atoms with Crippen molar-refractivity contribution >= 4 is 28.8 Å². The second-order valence-electron chi connectivity index (χ2n) is 8.32. The van der Waals surface area contributed by atoms with E-state index in [1.54, 1.807) is 19.2 Å². The van der Waals surface area contributed by atoms with E-state index in [-0.39, 0.29) is 12.3 Å². The number of anilines is 1.